The van der Waals surface area contributed by atoms with Gasteiger partial charge in [0.05, 0.1) is 5.56 Å². The van der Waals surface area contributed by atoms with Crippen molar-refractivity contribution >= 4 is 15.9 Å². The Bertz CT molecular complexity index is 328. The minimum Gasteiger partial charge on any atom is -0.396 e. The van der Waals surface area contributed by atoms with Crippen LogP contribution in [0.25, 0.3) is 0 Å². The van der Waals surface area contributed by atoms with E-state index in [-0.39, 0.29) is 0 Å². The van der Waals surface area contributed by atoms with Gasteiger partial charge in [-0.2, -0.15) is 0 Å². The predicted octanol–water partition coefficient (Wildman–Crippen LogP) is 3.06. The maximum Gasteiger partial charge on any atom is 0.278 e. The molecule has 78 valence electrons. The molecule has 0 saturated heterocycles. The van der Waals surface area contributed by atoms with Crippen LogP contribution < -0.4 is 0 Å². The zero-order chi connectivity index (χ0) is 10.8. The first-order chi connectivity index (χ1) is 6.47. The molecule has 1 aromatic carbocycles. The van der Waals surface area contributed by atoms with Gasteiger partial charge in [-0.25, -0.2) is 13.2 Å². The summed E-state index contributed by atoms with van der Waals surface area (Å²) in [6, 6.07) is 3.32. The molecular formula is C9H8BrF3O. The molecule has 5 heteroatoms. The van der Waals surface area contributed by atoms with E-state index in [0.29, 0.717) is 4.47 Å². The van der Waals surface area contributed by atoms with Crippen LogP contribution in [0.1, 0.15) is 12.0 Å². The van der Waals surface area contributed by atoms with Crippen LogP contribution in [0.4, 0.5) is 13.2 Å². The highest BCUT2D eigenvalue weighted by atomic mass is 79.9. The average Bonchev–Trinajstić information content (AvgIpc) is 2.02. The highest BCUT2D eigenvalue weighted by Gasteiger charge is 2.33. The number of halogens is 4. The van der Waals surface area contributed by atoms with Gasteiger partial charge in [0, 0.05) is 17.5 Å². The lowest BCUT2D eigenvalue weighted by Crippen LogP contribution is -2.17. The molecule has 0 aliphatic carbocycles. The van der Waals surface area contributed by atoms with Crippen molar-refractivity contribution in [1.82, 2.24) is 0 Å². The summed E-state index contributed by atoms with van der Waals surface area (Å²) < 4.78 is 39.7. The van der Waals surface area contributed by atoms with Gasteiger partial charge in [-0.3, -0.25) is 0 Å². The fourth-order valence-corrected chi connectivity index (χ4v) is 1.39. The fraction of sp³-hybridized carbons (Fsp3) is 0.333. The van der Waals surface area contributed by atoms with Crippen molar-refractivity contribution in [2.45, 2.75) is 12.3 Å². The van der Waals surface area contributed by atoms with Crippen molar-refractivity contribution in [2.75, 3.05) is 6.61 Å². The van der Waals surface area contributed by atoms with Gasteiger partial charge in [0.25, 0.3) is 5.92 Å². The minimum absolute atomic E-state index is 0.401. The molecule has 0 atom stereocenters. The van der Waals surface area contributed by atoms with Crippen LogP contribution in [-0.4, -0.2) is 11.7 Å². The van der Waals surface area contributed by atoms with Gasteiger partial charge in [0.1, 0.15) is 5.82 Å². The maximum absolute atomic E-state index is 13.1. The molecule has 1 nitrogen and oxygen atoms in total. The standard InChI is InChI=1S/C9H8BrF3O/c10-6-1-2-7(8(11)5-6)9(12,13)3-4-14/h1-2,5,14H,3-4H2. The Kier molecular flexibility index (Phi) is 3.55. The second-order valence-corrected chi connectivity index (χ2v) is 3.72. The van der Waals surface area contributed by atoms with Crippen molar-refractivity contribution < 1.29 is 18.3 Å². The Hall–Kier alpha value is -0.550. The maximum atomic E-state index is 13.1. The highest BCUT2D eigenvalue weighted by molar-refractivity contribution is 9.10. The van der Waals surface area contributed by atoms with Crippen LogP contribution in [0.15, 0.2) is 22.7 Å². The van der Waals surface area contributed by atoms with Gasteiger partial charge in [-0.15, -0.1) is 0 Å². The summed E-state index contributed by atoms with van der Waals surface area (Å²) in [6.07, 6.45) is -0.772. The van der Waals surface area contributed by atoms with Gasteiger partial charge < -0.3 is 5.11 Å². The molecule has 0 heterocycles. The Morgan fingerprint density at radius 3 is 2.50 bits per heavy atom. The van der Waals surface area contributed by atoms with Crippen LogP contribution in [0.2, 0.25) is 0 Å². The molecule has 0 aliphatic heterocycles. The van der Waals surface area contributed by atoms with Gasteiger partial charge in [-0.05, 0) is 18.2 Å². The monoisotopic (exact) mass is 268 g/mol. The van der Waals surface area contributed by atoms with Crippen molar-refractivity contribution in [3.05, 3.63) is 34.1 Å². The zero-order valence-corrected chi connectivity index (χ0v) is 8.69. The molecule has 1 N–H and O–H groups in total. The molecule has 0 bridgehead atoms. The summed E-state index contributed by atoms with van der Waals surface area (Å²) in [7, 11) is 0. The van der Waals surface area contributed by atoms with E-state index in [1.165, 1.54) is 6.07 Å². The second kappa shape index (κ2) is 4.31. The number of rotatable bonds is 3. The Labute approximate surface area is 87.7 Å². The molecule has 0 radical (unpaired) electrons. The quantitative estimate of drug-likeness (QED) is 0.894. The number of alkyl halides is 2. The molecule has 0 saturated carbocycles. The smallest absolute Gasteiger partial charge is 0.278 e. The van der Waals surface area contributed by atoms with Crippen molar-refractivity contribution in [2.24, 2.45) is 0 Å². The molecule has 0 spiro atoms. The summed E-state index contributed by atoms with van der Waals surface area (Å²) in [4.78, 5) is 0. The molecule has 1 aromatic rings. The molecular weight excluding hydrogens is 261 g/mol. The van der Waals surface area contributed by atoms with E-state index in [1.54, 1.807) is 0 Å². The number of benzene rings is 1. The largest absolute Gasteiger partial charge is 0.396 e. The summed E-state index contributed by atoms with van der Waals surface area (Å²) in [6.45, 7) is -0.678. The molecule has 0 aromatic heterocycles. The van der Waals surface area contributed by atoms with Gasteiger partial charge in [0.2, 0.25) is 0 Å². The first kappa shape index (κ1) is 11.5. The summed E-state index contributed by atoms with van der Waals surface area (Å²) in [5.41, 5.74) is -0.685. The van der Waals surface area contributed by atoms with Gasteiger partial charge in [-0.1, -0.05) is 15.9 Å². The van der Waals surface area contributed by atoms with Crippen molar-refractivity contribution in [1.29, 1.82) is 0 Å². The Balaban J connectivity index is 3.06. The first-order valence-electron chi connectivity index (χ1n) is 3.91. The number of hydrogen-bond donors (Lipinski definition) is 1. The van der Waals surface area contributed by atoms with E-state index in [0.717, 1.165) is 12.1 Å². The molecule has 0 fully saturated rings. The van der Waals surface area contributed by atoms with E-state index in [2.05, 4.69) is 15.9 Å². The summed E-state index contributed by atoms with van der Waals surface area (Å²) >= 11 is 2.97. The third-order valence-corrected chi connectivity index (χ3v) is 2.24. The molecule has 0 amide bonds. The molecule has 14 heavy (non-hydrogen) atoms. The van der Waals surface area contributed by atoms with Crippen LogP contribution >= 0.6 is 15.9 Å². The third kappa shape index (κ3) is 2.48. The fourth-order valence-electron chi connectivity index (χ4n) is 1.06. The second-order valence-electron chi connectivity index (χ2n) is 2.80. The highest BCUT2D eigenvalue weighted by Crippen LogP contribution is 2.33. The molecule has 0 aliphatic rings. The van der Waals surface area contributed by atoms with Crippen molar-refractivity contribution in [3.8, 4) is 0 Å². The van der Waals surface area contributed by atoms with E-state index < -0.39 is 30.3 Å². The third-order valence-electron chi connectivity index (χ3n) is 1.75. The number of aliphatic hydroxyl groups excluding tert-OH is 1. The topological polar surface area (TPSA) is 20.2 Å². The Morgan fingerprint density at radius 2 is 2.00 bits per heavy atom. The summed E-state index contributed by atoms with van der Waals surface area (Å²) in [5.74, 6) is -4.29. The van der Waals surface area contributed by atoms with Crippen LogP contribution in [0.3, 0.4) is 0 Å². The van der Waals surface area contributed by atoms with Crippen LogP contribution in [0, 0.1) is 5.82 Å². The number of hydrogen-bond acceptors (Lipinski definition) is 1. The lowest BCUT2D eigenvalue weighted by atomic mass is 10.1. The molecule has 1 rings (SSSR count). The van der Waals surface area contributed by atoms with Crippen LogP contribution in [0.5, 0.6) is 0 Å². The SMILES string of the molecule is OCCC(F)(F)c1ccc(Br)cc1F. The molecule has 0 unspecified atom stereocenters. The lowest BCUT2D eigenvalue weighted by molar-refractivity contribution is -0.0300. The van der Waals surface area contributed by atoms with Crippen molar-refractivity contribution in [3.63, 3.8) is 0 Å². The van der Waals surface area contributed by atoms with Gasteiger partial charge in [0.15, 0.2) is 0 Å². The predicted molar refractivity (Wildman–Crippen MR) is 49.7 cm³/mol. The Morgan fingerprint density at radius 1 is 1.36 bits per heavy atom. The minimum atomic E-state index is -3.32. The first-order valence-corrected chi connectivity index (χ1v) is 4.71. The lowest BCUT2D eigenvalue weighted by Gasteiger charge is -2.15. The van der Waals surface area contributed by atoms with E-state index >= 15 is 0 Å². The average molecular weight is 269 g/mol. The number of aliphatic hydroxyl groups is 1. The normalized spacial score (nSPS) is 11.8. The van der Waals surface area contributed by atoms with E-state index in [1.807, 2.05) is 0 Å². The van der Waals surface area contributed by atoms with Gasteiger partial charge >= 0.3 is 0 Å². The van der Waals surface area contributed by atoms with E-state index in [4.69, 9.17) is 5.11 Å². The summed E-state index contributed by atoms with van der Waals surface area (Å²) in [5, 5.41) is 8.40. The van der Waals surface area contributed by atoms with E-state index in [9.17, 15) is 13.2 Å². The zero-order valence-electron chi connectivity index (χ0n) is 7.11. The van der Waals surface area contributed by atoms with Crippen LogP contribution in [-0.2, 0) is 5.92 Å².